The first-order chi connectivity index (χ1) is 7.50. The molecule has 0 amide bonds. The van der Waals surface area contributed by atoms with Crippen molar-refractivity contribution in [1.82, 2.24) is 14.2 Å². The predicted molar refractivity (Wildman–Crippen MR) is 61.6 cm³/mol. The van der Waals surface area contributed by atoms with Gasteiger partial charge < -0.3 is 9.88 Å². The fourth-order valence-corrected chi connectivity index (χ4v) is 3.48. The molecule has 1 N–H and O–H groups in total. The lowest BCUT2D eigenvalue weighted by atomic mass is 10.3. The van der Waals surface area contributed by atoms with Crippen molar-refractivity contribution >= 4 is 10.0 Å². The Hall–Kier alpha value is -0.850. The van der Waals surface area contributed by atoms with E-state index < -0.39 is 10.0 Å². The molecule has 1 saturated heterocycles. The summed E-state index contributed by atoms with van der Waals surface area (Å²) in [5.41, 5.74) is 0. The van der Waals surface area contributed by atoms with Crippen LogP contribution in [0, 0.1) is 0 Å². The second-order valence-corrected chi connectivity index (χ2v) is 6.17. The summed E-state index contributed by atoms with van der Waals surface area (Å²) in [6.45, 7) is 3.79. The molecule has 6 heteroatoms. The molecule has 1 fully saturated rings. The third kappa shape index (κ3) is 2.14. The fraction of sp³-hybridized carbons (Fsp3) is 0.600. The number of hydrogen-bond acceptors (Lipinski definition) is 3. The van der Waals surface area contributed by atoms with Gasteiger partial charge in [-0.15, -0.1) is 0 Å². The van der Waals surface area contributed by atoms with E-state index >= 15 is 0 Å². The largest absolute Gasteiger partial charge is 0.356 e. The van der Waals surface area contributed by atoms with Crippen LogP contribution in [0.25, 0.3) is 0 Å². The minimum absolute atomic E-state index is 0.215. The molecule has 0 aromatic carbocycles. The smallest absolute Gasteiger partial charge is 0.244 e. The molecule has 1 atom stereocenters. The topological polar surface area (TPSA) is 54.3 Å². The number of aryl methyl sites for hydroxylation is 1. The van der Waals surface area contributed by atoms with Crippen molar-refractivity contribution in [3.05, 3.63) is 18.5 Å². The van der Waals surface area contributed by atoms with E-state index in [-0.39, 0.29) is 6.04 Å². The third-order valence-electron chi connectivity index (χ3n) is 2.77. The quantitative estimate of drug-likeness (QED) is 0.796. The van der Waals surface area contributed by atoms with E-state index in [1.165, 1.54) is 0 Å². The Morgan fingerprint density at radius 3 is 2.81 bits per heavy atom. The number of aromatic nitrogens is 1. The first-order valence-corrected chi connectivity index (χ1v) is 6.79. The van der Waals surface area contributed by atoms with Gasteiger partial charge in [0.05, 0.1) is 4.90 Å². The van der Waals surface area contributed by atoms with Gasteiger partial charge in [-0.3, -0.25) is 0 Å². The van der Waals surface area contributed by atoms with Gasteiger partial charge in [-0.1, -0.05) is 0 Å². The molecule has 0 bridgehead atoms. The maximum atomic E-state index is 12.2. The summed E-state index contributed by atoms with van der Waals surface area (Å²) >= 11 is 0. The molecule has 0 radical (unpaired) electrons. The van der Waals surface area contributed by atoms with Crippen LogP contribution in [0.3, 0.4) is 0 Å². The van der Waals surface area contributed by atoms with Gasteiger partial charge >= 0.3 is 0 Å². The summed E-state index contributed by atoms with van der Waals surface area (Å²) in [6.07, 6.45) is 3.39. The molecule has 2 rings (SSSR count). The average molecular weight is 243 g/mol. The summed E-state index contributed by atoms with van der Waals surface area (Å²) in [6, 6.07) is 1.86. The molecule has 0 saturated carbocycles. The molecule has 2 heterocycles. The molecule has 0 spiro atoms. The highest BCUT2D eigenvalue weighted by Crippen LogP contribution is 2.17. The molecular weight excluding hydrogens is 226 g/mol. The molecule has 1 aliphatic rings. The Kier molecular flexibility index (Phi) is 3.05. The maximum Gasteiger partial charge on any atom is 0.244 e. The third-order valence-corrected chi connectivity index (χ3v) is 4.62. The lowest BCUT2D eigenvalue weighted by Gasteiger charge is -2.30. The molecule has 16 heavy (non-hydrogen) atoms. The summed E-state index contributed by atoms with van der Waals surface area (Å²) in [7, 11) is -1.48. The summed E-state index contributed by atoms with van der Waals surface area (Å²) < 4.78 is 27.8. The lowest BCUT2D eigenvalue weighted by molar-refractivity contribution is 0.310. The van der Waals surface area contributed by atoms with Crippen LogP contribution in [0.2, 0.25) is 0 Å². The second-order valence-electron chi connectivity index (χ2n) is 4.23. The van der Waals surface area contributed by atoms with Gasteiger partial charge in [0.2, 0.25) is 10.0 Å². The van der Waals surface area contributed by atoms with Gasteiger partial charge in [-0.2, -0.15) is 4.31 Å². The van der Waals surface area contributed by atoms with Crippen LogP contribution >= 0.6 is 0 Å². The standard InChI is InChI=1S/C10H17N3O2S/c1-9-7-13(6-4-11-9)16(14,15)10-3-5-12(2)8-10/h3,5,8-9,11H,4,6-7H2,1-2H3/t9-/m0/s1. The van der Waals surface area contributed by atoms with E-state index in [0.717, 1.165) is 0 Å². The average Bonchev–Trinajstić information content (AvgIpc) is 2.65. The van der Waals surface area contributed by atoms with Crippen LogP contribution in [0.15, 0.2) is 23.4 Å². The van der Waals surface area contributed by atoms with Crippen molar-refractivity contribution < 1.29 is 8.42 Å². The van der Waals surface area contributed by atoms with Crippen LogP contribution in [-0.2, 0) is 17.1 Å². The summed E-state index contributed by atoms with van der Waals surface area (Å²) in [5.74, 6) is 0. The first-order valence-electron chi connectivity index (χ1n) is 5.35. The van der Waals surface area contributed by atoms with E-state index in [1.807, 2.05) is 14.0 Å². The van der Waals surface area contributed by atoms with Crippen LogP contribution in [0.4, 0.5) is 0 Å². The summed E-state index contributed by atoms with van der Waals surface area (Å²) in [5, 5.41) is 3.23. The number of hydrogen-bond donors (Lipinski definition) is 1. The Morgan fingerprint density at radius 2 is 2.25 bits per heavy atom. The van der Waals surface area contributed by atoms with Gasteiger partial charge in [0.25, 0.3) is 0 Å². The minimum Gasteiger partial charge on any atom is -0.356 e. The minimum atomic E-state index is -3.30. The van der Waals surface area contributed by atoms with Gasteiger partial charge in [-0.05, 0) is 13.0 Å². The van der Waals surface area contributed by atoms with E-state index in [1.54, 1.807) is 27.3 Å². The fourth-order valence-electron chi connectivity index (χ4n) is 1.89. The second kappa shape index (κ2) is 4.20. The molecule has 5 nitrogen and oxygen atoms in total. The number of nitrogens with one attached hydrogen (secondary N) is 1. The van der Waals surface area contributed by atoms with Crippen LogP contribution < -0.4 is 5.32 Å². The molecular formula is C10H17N3O2S. The van der Waals surface area contributed by atoms with Crippen molar-refractivity contribution in [2.75, 3.05) is 19.6 Å². The highest BCUT2D eigenvalue weighted by molar-refractivity contribution is 7.89. The van der Waals surface area contributed by atoms with E-state index in [9.17, 15) is 8.42 Å². The zero-order valence-corrected chi connectivity index (χ0v) is 10.4. The molecule has 90 valence electrons. The Labute approximate surface area is 96.1 Å². The van der Waals surface area contributed by atoms with Crippen LogP contribution in [-0.4, -0.2) is 43.0 Å². The van der Waals surface area contributed by atoms with Crippen LogP contribution in [0.1, 0.15) is 6.92 Å². The highest BCUT2D eigenvalue weighted by Gasteiger charge is 2.28. The Bertz CT molecular complexity index is 466. The maximum absolute atomic E-state index is 12.2. The Balaban J connectivity index is 2.25. The first kappa shape index (κ1) is 11.6. The van der Waals surface area contributed by atoms with Crippen molar-refractivity contribution in [2.45, 2.75) is 17.9 Å². The van der Waals surface area contributed by atoms with Gasteiger partial charge in [0.1, 0.15) is 0 Å². The van der Waals surface area contributed by atoms with Gasteiger partial charge in [0, 0.05) is 45.1 Å². The number of nitrogens with zero attached hydrogens (tertiary/aromatic N) is 2. The van der Waals surface area contributed by atoms with E-state index in [2.05, 4.69) is 5.32 Å². The normalized spacial score (nSPS) is 23.5. The summed E-state index contributed by atoms with van der Waals surface area (Å²) in [4.78, 5) is 0.379. The van der Waals surface area contributed by atoms with Crippen molar-refractivity contribution in [2.24, 2.45) is 7.05 Å². The van der Waals surface area contributed by atoms with Gasteiger partial charge in [-0.25, -0.2) is 8.42 Å². The molecule has 0 unspecified atom stereocenters. The zero-order chi connectivity index (χ0) is 11.8. The van der Waals surface area contributed by atoms with E-state index in [0.29, 0.717) is 24.5 Å². The van der Waals surface area contributed by atoms with Crippen molar-refractivity contribution in [3.8, 4) is 0 Å². The molecule has 1 aliphatic heterocycles. The molecule has 1 aromatic heterocycles. The van der Waals surface area contributed by atoms with Crippen LogP contribution in [0.5, 0.6) is 0 Å². The highest BCUT2D eigenvalue weighted by atomic mass is 32.2. The molecule has 1 aromatic rings. The number of sulfonamides is 1. The zero-order valence-electron chi connectivity index (χ0n) is 9.55. The predicted octanol–water partition coefficient (Wildman–Crippen LogP) is 0.00750. The SMILES string of the molecule is C[C@H]1CN(S(=O)(=O)c2ccn(C)c2)CCN1. The van der Waals surface area contributed by atoms with Crippen molar-refractivity contribution in [3.63, 3.8) is 0 Å². The molecule has 0 aliphatic carbocycles. The van der Waals surface area contributed by atoms with E-state index in [4.69, 9.17) is 0 Å². The number of piperazine rings is 1. The number of rotatable bonds is 2. The van der Waals surface area contributed by atoms with Crippen molar-refractivity contribution in [1.29, 1.82) is 0 Å². The van der Waals surface area contributed by atoms with Gasteiger partial charge in [0.15, 0.2) is 0 Å². The Morgan fingerprint density at radius 1 is 1.50 bits per heavy atom. The lowest BCUT2D eigenvalue weighted by Crippen LogP contribution is -2.51. The monoisotopic (exact) mass is 243 g/mol.